The van der Waals surface area contributed by atoms with E-state index >= 15 is 0 Å². The Morgan fingerprint density at radius 2 is 2.00 bits per heavy atom. The first-order valence-electron chi connectivity index (χ1n) is 9.60. The smallest absolute Gasteiger partial charge is 0.282 e. The average molecular weight is 497 g/mol. The Bertz CT molecular complexity index is 1400. The van der Waals surface area contributed by atoms with Crippen LogP contribution in [0.3, 0.4) is 0 Å². The van der Waals surface area contributed by atoms with E-state index in [1.165, 1.54) is 23.9 Å². The summed E-state index contributed by atoms with van der Waals surface area (Å²) in [5, 5.41) is 30.7. The molecule has 0 spiro atoms. The van der Waals surface area contributed by atoms with Gasteiger partial charge in [-0.2, -0.15) is 10.4 Å². The lowest BCUT2D eigenvalue weighted by atomic mass is 10.1. The molecule has 0 unspecified atom stereocenters. The largest absolute Gasteiger partial charge is 0.308 e. The van der Waals surface area contributed by atoms with Crippen LogP contribution < -0.4 is 5.32 Å². The molecule has 2 N–H and O–H groups in total. The maximum absolute atomic E-state index is 12.6. The third-order valence-corrected chi connectivity index (χ3v) is 6.30. The Balaban J connectivity index is 1.47. The number of thioether (sulfide) groups is 1. The summed E-state index contributed by atoms with van der Waals surface area (Å²) in [6.45, 7) is -0.699. The zero-order valence-electron chi connectivity index (χ0n) is 17.1. The number of nitrogens with zero attached hydrogens (tertiary/aromatic N) is 4. The standard InChI is InChI=1S/C21H13ClN6O5S/c22-14-6-2-1-4-11(14)10-34-19-13(8-23)18(25-26-19)24-16(29)9-27-20(30)12-5-3-7-15(28(32)33)17(12)21(27)31/h1-7H,9-10H2,(H2,24,25,26,29). The van der Waals surface area contributed by atoms with Gasteiger partial charge in [-0.15, -0.1) is 0 Å². The van der Waals surface area contributed by atoms with Gasteiger partial charge in [-0.3, -0.25) is 34.5 Å². The number of hydrogen-bond acceptors (Lipinski definition) is 8. The van der Waals surface area contributed by atoms with Crippen molar-refractivity contribution in [2.24, 2.45) is 0 Å². The third-order valence-electron chi connectivity index (χ3n) is 4.91. The van der Waals surface area contributed by atoms with Gasteiger partial charge in [-0.25, -0.2) is 0 Å². The number of aromatic nitrogens is 2. The van der Waals surface area contributed by atoms with Gasteiger partial charge in [0.05, 0.1) is 10.5 Å². The molecule has 1 aliphatic heterocycles. The van der Waals surface area contributed by atoms with Crippen molar-refractivity contribution < 1.29 is 19.3 Å². The average Bonchev–Trinajstić information content (AvgIpc) is 3.31. The molecule has 0 saturated carbocycles. The van der Waals surface area contributed by atoms with E-state index in [-0.39, 0.29) is 22.5 Å². The van der Waals surface area contributed by atoms with Crippen molar-refractivity contribution in [3.8, 4) is 6.07 Å². The predicted octanol–water partition coefficient (Wildman–Crippen LogP) is 3.37. The van der Waals surface area contributed by atoms with E-state index < -0.39 is 34.9 Å². The summed E-state index contributed by atoms with van der Waals surface area (Å²) in [5.74, 6) is -2.12. The number of anilines is 1. The highest BCUT2D eigenvalue weighted by atomic mass is 35.5. The Kier molecular flexibility index (Phi) is 6.31. The van der Waals surface area contributed by atoms with Crippen molar-refractivity contribution in [2.45, 2.75) is 10.8 Å². The quantitative estimate of drug-likeness (QED) is 0.217. The van der Waals surface area contributed by atoms with Crippen molar-refractivity contribution in [1.82, 2.24) is 15.1 Å². The summed E-state index contributed by atoms with van der Waals surface area (Å²) in [5.41, 5.74) is -0.110. The molecule has 4 rings (SSSR count). The highest BCUT2D eigenvalue weighted by Crippen LogP contribution is 2.32. The normalized spacial score (nSPS) is 12.4. The van der Waals surface area contributed by atoms with E-state index in [0.29, 0.717) is 20.7 Å². The highest BCUT2D eigenvalue weighted by molar-refractivity contribution is 7.98. The Morgan fingerprint density at radius 3 is 2.71 bits per heavy atom. The monoisotopic (exact) mass is 496 g/mol. The van der Waals surface area contributed by atoms with Crippen LogP contribution in [0.2, 0.25) is 5.02 Å². The minimum absolute atomic E-state index is 0.00301. The Labute approximate surface area is 200 Å². The second-order valence-electron chi connectivity index (χ2n) is 6.97. The van der Waals surface area contributed by atoms with Crippen molar-refractivity contribution in [1.29, 1.82) is 5.26 Å². The summed E-state index contributed by atoms with van der Waals surface area (Å²) < 4.78 is 0. The van der Waals surface area contributed by atoms with Crippen LogP contribution in [0.1, 0.15) is 31.8 Å². The molecule has 0 bridgehead atoms. The number of nitriles is 1. The maximum atomic E-state index is 12.6. The van der Waals surface area contributed by atoms with Crippen LogP contribution in [0, 0.1) is 21.4 Å². The summed E-state index contributed by atoms with van der Waals surface area (Å²) in [6.07, 6.45) is 0. The Hall–Kier alpha value is -4.21. The van der Waals surface area contributed by atoms with Crippen molar-refractivity contribution in [3.63, 3.8) is 0 Å². The maximum Gasteiger partial charge on any atom is 0.282 e. The SMILES string of the molecule is N#Cc1c(SCc2ccccc2Cl)n[nH]c1NC(=O)CN1C(=O)c2cccc([N+](=O)[O-])c2C1=O. The number of nitro benzene ring substituents is 1. The van der Waals surface area contributed by atoms with Gasteiger partial charge in [0, 0.05) is 16.8 Å². The third kappa shape index (κ3) is 4.21. The number of imide groups is 1. The van der Waals surface area contributed by atoms with E-state index in [2.05, 4.69) is 15.5 Å². The van der Waals surface area contributed by atoms with Gasteiger partial charge in [0.15, 0.2) is 0 Å². The van der Waals surface area contributed by atoms with Gasteiger partial charge in [0.25, 0.3) is 17.5 Å². The van der Waals surface area contributed by atoms with Crippen molar-refractivity contribution in [3.05, 3.63) is 79.9 Å². The van der Waals surface area contributed by atoms with Crippen LogP contribution in [0.4, 0.5) is 11.5 Å². The predicted molar refractivity (Wildman–Crippen MR) is 121 cm³/mol. The fourth-order valence-corrected chi connectivity index (χ4v) is 4.55. The van der Waals surface area contributed by atoms with Gasteiger partial charge in [-0.05, 0) is 17.7 Å². The van der Waals surface area contributed by atoms with E-state index in [1.54, 1.807) is 12.1 Å². The first-order chi connectivity index (χ1) is 16.3. The second-order valence-corrected chi connectivity index (χ2v) is 8.34. The molecule has 2 heterocycles. The van der Waals surface area contributed by atoms with Gasteiger partial charge >= 0.3 is 0 Å². The lowest BCUT2D eigenvalue weighted by Crippen LogP contribution is -2.37. The van der Waals surface area contributed by atoms with Crippen LogP contribution in [-0.2, 0) is 10.5 Å². The zero-order valence-corrected chi connectivity index (χ0v) is 18.6. The molecule has 0 radical (unpaired) electrons. The minimum Gasteiger partial charge on any atom is -0.308 e. The number of nitro groups is 1. The number of amides is 3. The zero-order chi connectivity index (χ0) is 24.4. The summed E-state index contributed by atoms with van der Waals surface area (Å²) in [4.78, 5) is 48.8. The number of carbonyl (C=O) groups excluding carboxylic acids is 3. The molecule has 3 amide bonds. The first-order valence-corrected chi connectivity index (χ1v) is 11.0. The van der Waals surface area contributed by atoms with Crippen LogP contribution in [0.5, 0.6) is 0 Å². The molecule has 0 aliphatic carbocycles. The molecule has 1 aliphatic rings. The molecule has 170 valence electrons. The van der Waals surface area contributed by atoms with E-state index in [1.807, 2.05) is 18.2 Å². The van der Waals surface area contributed by atoms with Crippen LogP contribution in [0.15, 0.2) is 47.5 Å². The fraction of sp³-hybridized carbons (Fsp3) is 0.0952. The van der Waals surface area contributed by atoms with E-state index in [4.69, 9.17) is 11.6 Å². The van der Waals surface area contributed by atoms with E-state index in [9.17, 15) is 29.8 Å². The number of H-pyrrole nitrogens is 1. The number of hydrogen-bond donors (Lipinski definition) is 2. The number of carbonyl (C=O) groups is 3. The molecule has 0 saturated heterocycles. The lowest BCUT2D eigenvalue weighted by Gasteiger charge is -2.13. The molecule has 13 heteroatoms. The fourth-order valence-electron chi connectivity index (χ4n) is 3.32. The first kappa shape index (κ1) is 23.0. The summed E-state index contributed by atoms with van der Waals surface area (Å²) >= 11 is 7.38. The van der Waals surface area contributed by atoms with Crippen molar-refractivity contribution in [2.75, 3.05) is 11.9 Å². The van der Waals surface area contributed by atoms with E-state index in [0.717, 1.165) is 11.6 Å². The summed E-state index contributed by atoms with van der Waals surface area (Å²) in [6, 6.07) is 12.9. The van der Waals surface area contributed by atoms with Gasteiger partial charge in [0.1, 0.15) is 34.6 Å². The molecule has 0 atom stereocenters. The lowest BCUT2D eigenvalue weighted by molar-refractivity contribution is -0.385. The molecular weight excluding hydrogens is 484 g/mol. The van der Waals surface area contributed by atoms with Crippen LogP contribution in [0.25, 0.3) is 0 Å². The topological polar surface area (TPSA) is 162 Å². The molecule has 2 aromatic carbocycles. The molecule has 11 nitrogen and oxygen atoms in total. The van der Waals surface area contributed by atoms with Gasteiger partial charge in [0.2, 0.25) is 5.91 Å². The van der Waals surface area contributed by atoms with Gasteiger partial charge in [-0.1, -0.05) is 47.6 Å². The molecule has 0 fully saturated rings. The highest BCUT2D eigenvalue weighted by Gasteiger charge is 2.41. The number of nitrogens with one attached hydrogen (secondary N) is 2. The summed E-state index contributed by atoms with van der Waals surface area (Å²) in [7, 11) is 0. The second kappa shape index (κ2) is 9.34. The molecular formula is C21H13ClN6O5S. The Morgan fingerprint density at radius 1 is 1.24 bits per heavy atom. The molecule has 1 aromatic heterocycles. The van der Waals surface area contributed by atoms with Crippen LogP contribution in [-0.4, -0.2) is 44.3 Å². The molecule has 3 aromatic rings. The molecule has 34 heavy (non-hydrogen) atoms. The number of aromatic amines is 1. The van der Waals surface area contributed by atoms with Gasteiger partial charge < -0.3 is 5.32 Å². The minimum atomic E-state index is -0.941. The number of benzene rings is 2. The number of rotatable bonds is 7. The van der Waals surface area contributed by atoms with Crippen LogP contribution >= 0.6 is 23.4 Å². The number of halogens is 1. The number of fused-ring (bicyclic) bond motifs is 1. The van der Waals surface area contributed by atoms with Crippen molar-refractivity contribution >= 4 is 52.6 Å².